The second-order valence-corrected chi connectivity index (χ2v) is 4.54. The Morgan fingerprint density at radius 3 is 2.30 bits per heavy atom. The van der Waals surface area contributed by atoms with Gasteiger partial charge in [0.25, 0.3) is 0 Å². The van der Waals surface area contributed by atoms with Crippen LogP contribution in [-0.4, -0.2) is 28.6 Å². The average Bonchev–Trinajstić information content (AvgIpc) is 2.37. The SMILES string of the molecule is CCNc1nc(OC)nc(Oc2cc(Cl)cc(Cl)c2)n1. The maximum absolute atomic E-state index is 5.90. The smallest absolute Gasteiger partial charge is 0.330 e. The van der Waals surface area contributed by atoms with E-state index < -0.39 is 0 Å². The highest BCUT2D eigenvalue weighted by atomic mass is 35.5. The Morgan fingerprint density at radius 1 is 1.05 bits per heavy atom. The fourth-order valence-corrected chi connectivity index (χ4v) is 1.91. The molecule has 20 heavy (non-hydrogen) atoms. The first kappa shape index (κ1) is 14.6. The van der Waals surface area contributed by atoms with Crippen LogP contribution in [0.3, 0.4) is 0 Å². The van der Waals surface area contributed by atoms with Crippen molar-refractivity contribution in [2.24, 2.45) is 0 Å². The van der Waals surface area contributed by atoms with Crippen LogP contribution < -0.4 is 14.8 Å². The molecule has 0 spiro atoms. The van der Waals surface area contributed by atoms with E-state index in [1.165, 1.54) is 7.11 Å². The number of nitrogens with zero attached hydrogens (tertiary/aromatic N) is 3. The lowest BCUT2D eigenvalue weighted by molar-refractivity contribution is 0.360. The average molecular weight is 315 g/mol. The number of benzene rings is 1. The Bertz CT molecular complexity index is 590. The van der Waals surface area contributed by atoms with Crippen molar-refractivity contribution in [3.05, 3.63) is 28.2 Å². The third-order valence-electron chi connectivity index (χ3n) is 2.16. The molecule has 0 saturated heterocycles. The highest BCUT2D eigenvalue weighted by molar-refractivity contribution is 6.34. The van der Waals surface area contributed by atoms with Crippen LogP contribution >= 0.6 is 23.2 Å². The number of nitrogens with one attached hydrogen (secondary N) is 1. The van der Waals surface area contributed by atoms with Crippen molar-refractivity contribution in [3.63, 3.8) is 0 Å². The van der Waals surface area contributed by atoms with E-state index >= 15 is 0 Å². The Kier molecular flexibility index (Phi) is 4.81. The predicted octanol–water partition coefficient (Wildman–Crippen LogP) is 3.41. The summed E-state index contributed by atoms with van der Waals surface area (Å²) in [7, 11) is 1.46. The number of aromatic nitrogens is 3. The molecule has 0 fully saturated rings. The molecule has 1 aromatic carbocycles. The van der Waals surface area contributed by atoms with Gasteiger partial charge in [-0.2, -0.15) is 9.97 Å². The van der Waals surface area contributed by atoms with Crippen molar-refractivity contribution in [3.8, 4) is 17.8 Å². The van der Waals surface area contributed by atoms with Crippen LogP contribution in [0.2, 0.25) is 10.0 Å². The maximum Gasteiger partial charge on any atom is 0.330 e. The minimum atomic E-state index is 0.0890. The molecule has 6 nitrogen and oxygen atoms in total. The first-order valence-electron chi connectivity index (χ1n) is 5.78. The van der Waals surface area contributed by atoms with Crippen molar-refractivity contribution >= 4 is 29.2 Å². The highest BCUT2D eigenvalue weighted by Crippen LogP contribution is 2.27. The van der Waals surface area contributed by atoms with Gasteiger partial charge in [-0.05, 0) is 25.1 Å². The summed E-state index contributed by atoms with van der Waals surface area (Å²) in [6.45, 7) is 2.59. The normalized spacial score (nSPS) is 10.2. The third kappa shape index (κ3) is 3.85. The van der Waals surface area contributed by atoms with Crippen molar-refractivity contribution in [2.75, 3.05) is 19.0 Å². The molecule has 1 aromatic heterocycles. The zero-order valence-corrected chi connectivity index (χ0v) is 12.4. The number of hydrogen-bond donors (Lipinski definition) is 1. The number of halogens is 2. The van der Waals surface area contributed by atoms with E-state index in [2.05, 4.69) is 20.3 Å². The summed E-state index contributed by atoms with van der Waals surface area (Å²) in [4.78, 5) is 12.1. The Morgan fingerprint density at radius 2 is 1.70 bits per heavy atom. The van der Waals surface area contributed by atoms with Crippen molar-refractivity contribution in [1.82, 2.24) is 15.0 Å². The summed E-state index contributed by atoms with van der Waals surface area (Å²) in [6.07, 6.45) is 0. The largest absolute Gasteiger partial charge is 0.467 e. The standard InChI is InChI=1S/C12H12Cl2N4O2/c1-3-15-10-16-11(19-2)18-12(17-10)20-9-5-7(13)4-8(14)6-9/h4-6H,3H2,1-2H3,(H,15,16,17,18). The summed E-state index contributed by atoms with van der Waals surface area (Å²) >= 11 is 11.8. The third-order valence-corrected chi connectivity index (χ3v) is 2.59. The van der Waals surface area contributed by atoms with Gasteiger partial charge in [0.15, 0.2) is 0 Å². The molecule has 0 aliphatic rings. The topological polar surface area (TPSA) is 69.2 Å². The molecule has 1 heterocycles. The summed E-state index contributed by atoms with van der Waals surface area (Å²) in [5, 5.41) is 3.87. The van der Waals surface area contributed by atoms with Crippen LogP contribution in [0.1, 0.15) is 6.92 Å². The van der Waals surface area contributed by atoms with Crippen LogP contribution in [0.5, 0.6) is 17.8 Å². The molecular weight excluding hydrogens is 303 g/mol. The first-order valence-corrected chi connectivity index (χ1v) is 6.54. The van der Waals surface area contributed by atoms with E-state index in [-0.39, 0.29) is 12.0 Å². The lowest BCUT2D eigenvalue weighted by Crippen LogP contribution is -2.06. The second-order valence-electron chi connectivity index (χ2n) is 3.67. The van der Waals surface area contributed by atoms with Gasteiger partial charge in [0.1, 0.15) is 5.75 Å². The van der Waals surface area contributed by atoms with Gasteiger partial charge in [0, 0.05) is 16.6 Å². The van der Waals surface area contributed by atoms with Gasteiger partial charge < -0.3 is 14.8 Å². The molecule has 0 saturated carbocycles. The lowest BCUT2D eigenvalue weighted by atomic mass is 10.3. The Balaban J connectivity index is 2.29. The van der Waals surface area contributed by atoms with E-state index in [9.17, 15) is 0 Å². The maximum atomic E-state index is 5.90. The molecule has 8 heteroatoms. The summed E-state index contributed by atoms with van der Waals surface area (Å²) < 4.78 is 10.5. The molecule has 106 valence electrons. The Hall–Kier alpha value is -1.79. The van der Waals surface area contributed by atoms with Gasteiger partial charge in [0.2, 0.25) is 5.95 Å². The lowest BCUT2D eigenvalue weighted by Gasteiger charge is -2.08. The quantitative estimate of drug-likeness (QED) is 0.912. The van der Waals surface area contributed by atoms with Crippen LogP contribution in [0.15, 0.2) is 18.2 Å². The van der Waals surface area contributed by atoms with Gasteiger partial charge in [-0.1, -0.05) is 23.2 Å². The van der Waals surface area contributed by atoms with Gasteiger partial charge in [0.05, 0.1) is 7.11 Å². The summed E-state index contributed by atoms with van der Waals surface area (Å²) in [5.74, 6) is 0.792. The zero-order chi connectivity index (χ0) is 14.5. The van der Waals surface area contributed by atoms with E-state index in [1.54, 1.807) is 18.2 Å². The molecule has 1 N–H and O–H groups in total. The minimum absolute atomic E-state index is 0.0890. The molecular formula is C12H12Cl2N4O2. The molecule has 2 aromatic rings. The molecule has 0 radical (unpaired) electrons. The summed E-state index contributed by atoms with van der Waals surface area (Å²) in [6, 6.07) is 5.06. The van der Waals surface area contributed by atoms with Crippen molar-refractivity contribution < 1.29 is 9.47 Å². The molecule has 0 amide bonds. The summed E-state index contributed by atoms with van der Waals surface area (Å²) in [5.41, 5.74) is 0. The number of ether oxygens (including phenoxy) is 2. The fraction of sp³-hybridized carbons (Fsp3) is 0.250. The number of anilines is 1. The van der Waals surface area contributed by atoms with Crippen LogP contribution in [0, 0.1) is 0 Å². The van der Waals surface area contributed by atoms with E-state index in [4.69, 9.17) is 32.7 Å². The molecule has 0 unspecified atom stereocenters. The van der Waals surface area contributed by atoms with Gasteiger partial charge >= 0.3 is 12.0 Å². The highest BCUT2D eigenvalue weighted by Gasteiger charge is 2.09. The van der Waals surface area contributed by atoms with Gasteiger partial charge in [-0.15, -0.1) is 4.98 Å². The second kappa shape index (κ2) is 6.58. The van der Waals surface area contributed by atoms with Crippen molar-refractivity contribution in [1.29, 1.82) is 0 Å². The molecule has 0 atom stereocenters. The zero-order valence-electron chi connectivity index (χ0n) is 10.9. The first-order chi connectivity index (χ1) is 9.60. The number of methoxy groups -OCH3 is 1. The number of rotatable bonds is 5. The van der Waals surface area contributed by atoms with Crippen LogP contribution in [-0.2, 0) is 0 Å². The molecule has 0 aliphatic heterocycles. The minimum Gasteiger partial charge on any atom is -0.467 e. The van der Waals surface area contributed by atoms with E-state index in [0.717, 1.165) is 0 Å². The Labute approximate surface area is 126 Å². The van der Waals surface area contributed by atoms with Crippen molar-refractivity contribution in [2.45, 2.75) is 6.92 Å². The van der Waals surface area contributed by atoms with Crippen LogP contribution in [0.4, 0.5) is 5.95 Å². The van der Waals surface area contributed by atoms with E-state index in [1.807, 2.05) is 6.92 Å². The molecule has 0 aliphatic carbocycles. The predicted molar refractivity (Wildman–Crippen MR) is 77.1 cm³/mol. The van der Waals surface area contributed by atoms with Gasteiger partial charge in [-0.3, -0.25) is 0 Å². The fourth-order valence-electron chi connectivity index (χ4n) is 1.40. The molecule has 2 rings (SSSR count). The van der Waals surface area contributed by atoms with Gasteiger partial charge in [-0.25, -0.2) is 0 Å². The van der Waals surface area contributed by atoms with E-state index in [0.29, 0.717) is 28.3 Å². The van der Waals surface area contributed by atoms with Crippen LogP contribution in [0.25, 0.3) is 0 Å². The molecule has 0 bridgehead atoms. The number of hydrogen-bond acceptors (Lipinski definition) is 6. The monoisotopic (exact) mass is 314 g/mol.